The molecule has 0 saturated heterocycles. The third-order valence-corrected chi connectivity index (χ3v) is 3.74. The molecule has 1 N–H and O–H groups in total. The molecule has 0 radical (unpaired) electrons. The van der Waals surface area contributed by atoms with Crippen molar-refractivity contribution in [3.05, 3.63) is 47.3 Å². The summed E-state index contributed by atoms with van der Waals surface area (Å²) >= 11 is 0. The number of rotatable bonds is 4. The van der Waals surface area contributed by atoms with Crippen LogP contribution in [0.25, 0.3) is 0 Å². The molecule has 1 atom stereocenters. The summed E-state index contributed by atoms with van der Waals surface area (Å²) in [7, 11) is 1.97. The van der Waals surface area contributed by atoms with Crippen LogP contribution in [0, 0.1) is 6.92 Å². The Labute approximate surface area is 113 Å². The minimum atomic E-state index is 0.245. The summed E-state index contributed by atoms with van der Waals surface area (Å²) in [5.74, 6) is 1.03. The minimum Gasteiger partial charge on any atom is -0.488 e. The van der Waals surface area contributed by atoms with E-state index in [2.05, 4.69) is 29.5 Å². The Hall–Kier alpha value is -1.81. The SMILES string of the molecule is Cc1c(CNCC2Cc3ccccc3O2)cnn1C. The molecule has 1 aliphatic rings. The van der Waals surface area contributed by atoms with Crippen LogP contribution in [0.1, 0.15) is 16.8 Å². The summed E-state index contributed by atoms with van der Waals surface area (Å²) in [5, 5.41) is 7.70. The number of aryl methyl sites for hydroxylation is 1. The Morgan fingerprint density at radius 1 is 1.42 bits per heavy atom. The maximum absolute atomic E-state index is 5.90. The lowest BCUT2D eigenvalue weighted by Gasteiger charge is -2.11. The van der Waals surface area contributed by atoms with Crippen LogP contribution in [0.5, 0.6) is 5.75 Å². The van der Waals surface area contributed by atoms with Crippen LogP contribution in [0.3, 0.4) is 0 Å². The highest BCUT2D eigenvalue weighted by molar-refractivity contribution is 5.37. The third kappa shape index (κ3) is 2.49. The van der Waals surface area contributed by atoms with Gasteiger partial charge in [-0.1, -0.05) is 18.2 Å². The number of para-hydroxylation sites is 1. The van der Waals surface area contributed by atoms with Gasteiger partial charge in [0.25, 0.3) is 0 Å². The second kappa shape index (κ2) is 5.05. The molecule has 0 bridgehead atoms. The molecule has 1 aromatic carbocycles. The van der Waals surface area contributed by atoms with Crippen molar-refractivity contribution in [2.45, 2.75) is 26.0 Å². The molecule has 0 saturated carbocycles. The molecule has 0 aliphatic carbocycles. The fourth-order valence-electron chi connectivity index (χ4n) is 2.45. The van der Waals surface area contributed by atoms with E-state index in [0.717, 1.165) is 25.3 Å². The summed E-state index contributed by atoms with van der Waals surface area (Å²) in [5.41, 5.74) is 3.77. The molecule has 2 aromatic rings. The maximum Gasteiger partial charge on any atom is 0.123 e. The van der Waals surface area contributed by atoms with Crippen LogP contribution >= 0.6 is 0 Å². The molecule has 2 heterocycles. The molecule has 0 fully saturated rings. The van der Waals surface area contributed by atoms with E-state index in [9.17, 15) is 0 Å². The Balaban J connectivity index is 1.51. The molecule has 0 spiro atoms. The van der Waals surface area contributed by atoms with Gasteiger partial charge in [-0.05, 0) is 18.6 Å². The van der Waals surface area contributed by atoms with Crippen molar-refractivity contribution in [3.8, 4) is 5.75 Å². The summed E-state index contributed by atoms with van der Waals surface area (Å²) < 4.78 is 7.80. The van der Waals surface area contributed by atoms with E-state index >= 15 is 0 Å². The molecular formula is C15H19N3O. The monoisotopic (exact) mass is 257 g/mol. The number of fused-ring (bicyclic) bond motifs is 1. The predicted molar refractivity (Wildman–Crippen MR) is 74.2 cm³/mol. The number of benzene rings is 1. The van der Waals surface area contributed by atoms with E-state index < -0.39 is 0 Å². The van der Waals surface area contributed by atoms with Gasteiger partial charge in [0.2, 0.25) is 0 Å². The van der Waals surface area contributed by atoms with Gasteiger partial charge in [-0.2, -0.15) is 5.10 Å². The first-order valence-electron chi connectivity index (χ1n) is 6.67. The molecule has 3 rings (SSSR count). The number of ether oxygens (including phenoxy) is 1. The average molecular weight is 257 g/mol. The predicted octanol–water partition coefficient (Wildman–Crippen LogP) is 1.82. The number of hydrogen-bond acceptors (Lipinski definition) is 3. The smallest absolute Gasteiger partial charge is 0.123 e. The van der Waals surface area contributed by atoms with E-state index in [1.54, 1.807) is 0 Å². The lowest BCUT2D eigenvalue weighted by atomic mass is 10.1. The molecule has 1 unspecified atom stereocenters. The largest absolute Gasteiger partial charge is 0.488 e. The minimum absolute atomic E-state index is 0.245. The number of hydrogen-bond donors (Lipinski definition) is 1. The molecule has 1 aromatic heterocycles. The highest BCUT2D eigenvalue weighted by atomic mass is 16.5. The molecule has 19 heavy (non-hydrogen) atoms. The maximum atomic E-state index is 5.90. The first kappa shape index (κ1) is 12.2. The van der Waals surface area contributed by atoms with Gasteiger partial charge in [0, 0.05) is 37.8 Å². The van der Waals surface area contributed by atoms with Crippen molar-refractivity contribution in [2.75, 3.05) is 6.54 Å². The van der Waals surface area contributed by atoms with Gasteiger partial charge in [-0.15, -0.1) is 0 Å². The average Bonchev–Trinajstić information content (AvgIpc) is 2.96. The van der Waals surface area contributed by atoms with E-state index in [0.29, 0.717) is 0 Å². The lowest BCUT2D eigenvalue weighted by molar-refractivity contribution is 0.227. The number of nitrogens with zero attached hydrogens (tertiary/aromatic N) is 2. The van der Waals surface area contributed by atoms with E-state index in [-0.39, 0.29) is 6.10 Å². The van der Waals surface area contributed by atoms with Gasteiger partial charge in [0.05, 0.1) is 6.20 Å². The van der Waals surface area contributed by atoms with Crippen molar-refractivity contribution < 1.29 is 4.74 Å². The van der Waals surface area contributed by atoms with Crippen molar-refractivity contribution in [1.82, 2.24) is 15.1 Å². The zero-order valence-corrected chi connectivity index (χ0v) is 11.4. The zero-order chi connectivity index (χ0) is 13.2. The van der Waals surface area contributed by atoms with Crippen molar-refractivity contribution in [3.63, 3.8) is 0 Å². The highest BCUT2D eigenvalue weighted by Gasteiger charge is 2.21. The van der Waals surface area contributed by atoms with Crippen LogP contribution < -0.4 is 10.1 Å². The van der Waals surface area contributed by atoms with Gasteiger partial charge in [0.15, 0.2) is 0 Å². The van der Waals surface area contributed by atoms with Gasteiger partial charge >= 0.3 is 0 Å². The first-order chi connectivity index (χ1) is 9.24. The van der Waals surface area contributed by atoms with Gasteiger partial charge in [-0.25, -0.2) is 0 Å². The van der Waals surface area contributed by atoms with Gasteiger partial charge < -0.3 is 10.1 Å². The molecule has 0 amide bonds. The van der Waals surface area contributed by atoms with E-state index in [1.807, 2.05) is 30.1 Å². The molecule has 1 aliphatic heterocycles. The van der Waals surface area contributed by atoms with Gasteiger partial charge in [-0.3, -0.25) is 4.68 Å². The standard InChI is InChI=1S/C15H19N3O/c1-11-13(9-17-18(11)2)8-16-10-14-7-12-5-3-4-6-15(12)19-14/h3-6,9,14,16H,7-8,10H2,1-2H3. The lowest BCUT2D eigenvalue weighted by Crippen LogP contribution is -2.29. The van der Waals surface area contributed by atoms with Gasteiger partial charge in [0.1, 0.15) is 11.9 Å². The normalized spacial score (nSPS) is 17.3. The van der Waals surface area contributed by atoms with Crippen LogP contribution in [0.15, 0.2) is 30.5 Å². The fraction of sp³-hybridized carbons (Fsp3) is 0.400. The van der Waals surface area contributed by atoms with Crippen LogP contribution in [0.4, 0.5) is 0 Å². The molecular weight excluding hydrogens is 238 g/mol. The van der Waals surface area contributed by atoms with Crippen molar-refractivity contribution in [1.29, 1.82) is 0 Å². The fourth-order valence-corrected chi connectivity index (χ4v) is 2.45. The summed E-state index contributed by atoms with van der Waals surface area (Å²) in [4.78, 5) is 0. The summed E-state index contributed by atoms with van der Waals surface area (Å²) in [6.45, 7) is 3.80. The number of nitrogens with one attached hydrogen (secondary N) is 1. The Bertz CT molecular complexity index is 552. The summed E-state index contributed by atoms with van der Waals surface area (Å²) in [6, 6.07) is 8.27. The molecule has 4 heteroatoms. The summed E-state index contributed by atoms with van der Waals surface area (Å²) in [6.07, 6.45) is 3.16. The second-order valence-corrected chi connectivity index (χ2v) is 5.06. The van der Waals surface area contributed by atoms with E-state index in [4.69, 9.17) is 4.74 Å². The topological polar surface area (TPSA) is 39.1 Å². The molecule has 4 nitrogen and oxygen atoms in total. The van der Waals surface area contributed by atoms with Crippen molar-refractivity contribution in [2.24, 2.45) is 7.05 Å². The first-order valence-corrected chi connectivity index (χ1v) is 6.67. The van der Waals surface area contributed by atoms with E-state index in [1.165, 1.54) is 16.8 Å². The number of aromatic nitrogens is 2. The van der Waals surface area contributed by atoms with Crippen LogP contribution in [0.2, 0.25) is 0 Å². The molecule has 100 valence electrons. The quantitative estimate of drug-likeness (QED) is 0.908. The zero-order valence-electron chi connectivity index (χ0n) is 11.4. The Kier molecular flexibility index (Phi) is 3.25. The van der Waals surface area contributed by atoms with Crippen LogP contribution in [-0.2, 0) is 20.0 Å². The third-order valence-electron chi connectivity index (χ3n) is 3.74. The Morgan fingerprint density at radius 3 is 3.00 bits per heavy atom. The van der Waals surface area contributed by atoms with Crippen LogP contribution in [-0.4, -0.2) is 22.4 Å². The van der Waals surface area contributed by atoms with Crippen molar-refractivity contribution >= 4 is 0 Å². The Morgan fingerprint density at radius 2 is 2.26 bits per heavy atom. The highest BCUT2D eigenvalue weighted by Crippen LogP contribution is 2.27. The second-order valence-electron chi connectivity index (χ2n) is 5.06.